The van der Waals surface area contributed by atoms with Crippen LogP contribution in [0.4, 0.5) is 11.4 Å². The quantitative estimate of drug-likeness (QED) is 0.753. The van der Waals surface area contributed by atoms with Crippen LogP contribution in [0.25, 0.3) is 11.3 Å². The molecule has 162 valence electrons. The second-order valence-corrected chi connectivity index (χ2v) is 10.1. The fraction of sp³-hybridized carbons (Fsp3) is 0.609. The first-order chi connectivity index (χ1) is 14.3. The van der Waals surface area contributed by atoms with Crippen molar-refractivity contribution in [1.82, 2.24) is 9.55 Å². The molecule has 1 aromatic carbocycles. The van der Waals surface area contributed by atoms with Gasteiger partial charge in [-0.05, 0) is 18.2 Å². The van der Waals surface area contributed by atoms with Crippen molar-refractivity contribution in [3.63, 3.8) is 0 Å². The van der Waals surface area contributed by atoms with Gasteiger partial charge in [-0.15, -0.1) is 0 Å². The van der Waals surface area contributed by atoms with Crippen molar-refractivity contribution in [2.24, 2.45) is 10.8 Å². The average Bonchev–Trinajstić information content (AvgIpc) is 3.09. The number of anilines is 2. The normalized spacial score (nSPS) is 22.6. The smallest absolute Gasteiger partial charge is 0.175 e. The van der Waals surface area contributed by atoms with Crippen molar-refractivity contribution in [1.29, 1.82) is 0 Å². The molecule has 0 N–H and O–H groups in total. The van der Waals surface area contributed by atoms with Gasteiger partial charge in [-0.25, -0.2) is 4.98 Å². The van der Waals surface area contributed by atoms with Crippen molar-refractivity contribution in [2.45, 2.75) is 26.7 Å². The van der Waals surface area contributed by atoms with Gasteiger partial charge in [-0.2, -0.15) is 0 Å². The average molecular weight is 413 g/mol. The van der Waals surface area contributed by atoms with Gasteiger partial charge in [0, 0.05) is 55.7 Å². The third kappa shape index (κ3) is 3.70. The first kappa shape index (κ1) is 19.8. The molecule has 3 aliphatic heterocycles. The van der Waals surface area contributed by atoms with Crippen molar-refractivity contribution in [3.05, 3.63) is 30.7 Å². The van der Waals surface area contributed by atoms with E-state index in [0.717, 1.165) is 50.8 Å². The maximum Gasteiger partial charge on any atom is 0.175 e. The molecule has 0 amide bonds. The lowest BCUT2D eigenvalue weighted by Gasteiger charge is -2.56. The van der Waals surface area contributed by atoms with Gasteiger partial charge in [0.15, 0.2) is 6.29 Å². The van der Waals surface area contributed by atoms with Gasteiger partial charge in [0.05, 0.1) is 50.4 Å². The highest BCUT2D eigenvalue weighted by molar-refractivity contribution is 5.79. The van der Waals surface area contributed by atoms with Gasteiger partial charge in [-0.1, -0.05) is 13.8 Å². The monoisotopic (exact) mass is 412 g/mol. The fourth-order valence-electron chi connectivity index (χ4n) is 4.43. The molecule has 0 unspecified atom stereocenters. The van der Waals surface area contributed by atoms with Gasteiger partial charge in [0.2, 0.25) is 0 Å². The molecule has 0 saturated carbocycles. The van der Waals surface area contributed by atoms with Gasteiger partial charge in [0.1, 0.15) is 0 Å². The van der Waals surface area contributed by atoms with Crippen LogP contribution in [-0.2, 0) is 20.8 Å². The summed E-state index contributed by atoms with van der Waals surface area (Å²) >= 11 is 0. The second kappa shape index (κ2) is 7.25. The Morgan fingerprint density at radius 2 is 1.83 bits per heavy atom. The molecule has 2 aromatic rings. The van der Waals surface area contributed by atoms with Crippen molar-refractivity contribution >= 4 is 11.4 Å². The second-order valence-electron chi connectivity index (χ2n) is 10.1. The van der Waals surface area contributed by atoms with Gasteiger partial charge >= 0.3 is 0 Å². The summed E-state index contributed by atoms with van der Waals surface area (Å²) in [6.45, 7) is 10.4. The molecule has 3 saturated heterocycles. The highest BCUT2D eigenvalue weighted by Gasteiger charge is 2.49. The molecule has 0 aliphatic carbocycles. The topological polar surface area (TPSA) is 52.0 Å². The van der Waals surface area contributed by atoms with Crippen LogP contribution in [0.1, 0.15) is 13.8 Å². The molecule has 4 heterocycles. The van der Waals surface area contributed by atoms with Crippen LogP contribution in [0.15, 0.2) is 30.7 Å². The minimum absolute atomic E-state index is 0.0840. The highest BCUT2D eigenvalue weighted by Crippen LogP contribution is 2.42. The first-order valence-electron chi connectivity index (χ1n) is 10.7. The number of rotatable bonds is 5. The van der Waals surface area contributed by atoms with E-state index in [1.54, 1.807) is 0 Å². The SMILES string of the molecule is CN(C)c1cc(N2CC3(COC3)C2)ccc1-c1cn(CC2OCC(C)(C)CO2)cn1. The number of benzene rings is 1. The lowest BCUT2D eigenvalue weighted by molar-refractivity contribution is -0.226. The molecule has 5 rings (SSSR count). The molecule has 3 aliphatic rings. The Hall–Kier alpha value is -2.09. The molecule has 7 heteroatoms. The zero-order valence-corrected chi connectivity index (χ0v) is 18.4. The summed E-state index contributed by atoms with van der Waals surface area (Å²) in [6.07, 6.45) is 3.73. The minimum Gasteiger partial charge on any atom is -0.380 e. The van der Waals surface area contributed by atoms with Gasteiger partial charge in [-0.3, -0.25) is 0 Å². The Morgan fingerprint density at radius 3 is 2.47 bits per heavy atom. The minimum atomic E-state index is -0.218. The lowest BCUT2D eigenvalue weighted by Crippen LogP contribution is -2.66. The summed E-state index contributed by atoms with van der Waals surface area (Å²) in [4.78, 5) is 9.28. The third-order valence-corrected chi connectivity index (χ3v) is 6.29. The Balaban J connectivity index is 1.30. The number of aromatic nitrogens is 2. The van der Waals surface area contributed by atoms with E-state index in [2.05, 4.69) is 71.7 Å². The Labute approximate surface area is 178 Å². The predicted molar refractivity (Wildman–Crippen MR) is 117 cm³/mol. The van der Waals surface area contributed by atoms with E-state index >= 15 is 0 Å². The molecule has 1 spiro atoms. The zero-order valence-electron chi connectivity index (χ0n) is 18.4. The molecule has 7 nitrogen and oxygen atoms in total. The number of imidazole rings is 1. The lowest BCUT2D eigenvalue weighted by atomic mass is 9.77. The summed E-state index contributed by atoms with van der Waals surface area (Å²) < 4.78 is 19.2. The predicted octanol–water partition coefficient (Wildman–Crippen LogP) is 2.85. The molecule has 0 atom stereocenters. The molecular weight excluding hydrogens is 380 g/mol. The number of nitrogens with zero attached hydrogens (tertiary/aromatic N) is 4. The summed E-state index contributed by atoms with van der Waals surface area (Å²) in [5.74, 6) is 0. The van der Waals surface area contributed by atoms with E-state index < -0.39 is 0 Å². The standard InChI is InChI=1S/C23H32N4O3/c1-22(2)12-29-21(30-13-22)9-26-8-19(24-16-26)18-6-5-17(7-20(18)25(3)4)27-10-23(11-27)14-28-15-23/h5-8,16,21H,9-15H2,1-4H3. The maximum atomic E-state index is 5.87. The molecule has 0 radical (unpaired) electrons. The van der Waals surface area contributed by atoms with Crippen LogP contribution >= 0.6 is 0 Å². The Bertz CT molecular complexity index is 901. The van der Waals surface area contributed by atoms with E-state index in [-0.39, 0.29) is 11.7 Å². The summed E-state index contributed by atoms with van der Waals surface area (Å²) in [5, 5.41) is 0. The molecular formula is C23H32N4O3. The van der Waals surface area contributed by atoms with Crippen LogP contribution in [-0.4, -0.2) is 69.5 Å². The molecule has 30 heavy (non-hydrogen) atoms. The number of ether oxygens (including phenoxy) is 3. The van der Waals surface area contributed by atoms with Crippen LogP contribution in [0.5, 0.6) is 0 Å². The number of hydrogen-bond donors (Lipinski definition) is 0. The van der Waals surface area contributed by atoms with E-state index in [1.165, 1.54) is 11.4 Å². The summed E-state index contributed by atoms with van der Waals surface area (Å²) in [5.41, 5.74) is 5.04. The van der Waals surface area contributed by atoms with Crippen molar-refractivity contribution in [2.75, 3.05) is 63.4 Å². The fourth-order valence-corrected chi connectivity index (χ4v) is 4.43. The van der Waals surface area contributed by atoms with E-state index in [9.17, 15) is 0 Å². The highest BCUT2D eigenvalue weighted by atomic mass is 16.7. The molecule has 1 aromatic heterocycles. The van der Waals surface area contributed by atoms with E-state index in [1.807, 2.05) is 6.33 Å². The number of hydrogen-bond acceptors (Lipinski definition) is 6. The van der Waals surface area contributed by atoms with E-state index in [4.69, 9.17) is 14.2 Å². The first-order valence-corrected chi connectivity index (χ1v) is 10.7. The Morgan fingerprint density at radius 1 is 1.10 bits per heavy atom. The van der Waals surface area contributed by atoms with E-state index in [0.29, 0.717) is 12.0 Å². The summed E-state index contributed by atoms with van der Waals surface area (Å²) in [7, 11) is 4.17. The zero-order chi connectivity index (χ0) is 20.9. The van der Waals surface area contributed by atoms with Gasteiger partial charge < -0.3 is 28.6 Å². The molecule has 3 fully saturated rings. The van der Waals surface area contributed by atoms with Gasteiger partial charge in [0.25, 0.3) is 0 Å². The van der Waals surface area contributed by atoms with Crippen LogP contribution in [0, 0.1) is 10.8 Å². The molecule has 0 bridgehead atoms. The van der Waals surface area contributed by atoms with Crippen LogP contribution in [0.2, 0.25) is 0 Å². The maximum absolute atomic E-state index is 5.87. The van der Waals surface area contributed by atoms with Crippen molar-refractivity contribution in [3.8, 4) is 11.3 Å². The Kier molecular flexibility index (Phi) is 4.80. The largest absolute Gasteiger partial charge is 0.380 e. The third-order valence-electron chi connectivity index (χ3n) is 6.29. The van der Waals surface area contributed by atoms with Crippen LogP contribution < -0.4 is 9.80 Å². The van der Waals surface area contributed by atoms with Crippen molar-refractivity contribution < 1.29 is 14.2 Å². The van der Waals surface area contributed by atoms with Crippen LogP contribution in [0.3, 0.4) is 0 Å². The summed E-state index contributed by atoms with van der Waals surface area (Å²) in [6, 6.07) is 6.68.